The molecule has 0 fully saturated rings. The molecule has 8 heteroatoms. The summed E-state index contributed by atoms with van der Waals surface area (Å²) in [6.07, 6.45) is 4.46. The zero-order valence-corrected chi connectivity index (χ0v) is 49.2. The van der Waals surface area contributed by atoms with Gasteiger partial charge >= 0.3 is 0 Å². The van der Waals surface area contributed by atoms with E-state index in [0.717, 1.165) is 65.9 Å². The largest absolute Gasteiger partial charge is 0.400 e. The predicted molar refractivity (Wildman–Crippen MR) is 346 cm³/mol. The third kappa shape index (κ3) is 22.5. The second-order valence-electron chi connectivity index (χ2n) is 16.9. The quantitative estimate of drug-likeness (QED) is 0.102. The molecule has 0 atom stereocenters. The van der Waals surface area contributed by atoms with Crippen molar-refractivity contribution in [3.05, 3.63) is 246 Å². The average Bonchev–Trinajstić information content (AvgIpc) is 3.54. The van der Waals surface area contributed by atoms with Crippen molar-refractivity contribution in [2.45, 2.75) is 88.0 Å². The van der Waals surface area contributed by atoms with E-state index in [-0.39, 0.29) is 0 Å². The maximum Gasteiger partial charge on any atom is 0.227 e. The van der Waals surface area contributed by atoms with E-state index in [2.05, 4.69) is 272 Å². The topological polar surface area (TPSA) is 123 Å². The lowest BCUT2D eigenvalue weighted by atomic mass is 9.98. The second kappa shape index (κ2) is 41.1. The molecule has 5 N–H and O–H groups in total. The van der Waals surface area contributed by atoms with Crippen LogP contribution in [0.2, 0.25) is 0 Å². The van der Waals surface area contributed by atoms with Gasteiger partial charge in [-0.15, -0.1) is 0 Å². The lowest BCUT2D eigenvalue weighted by Gasteiger charge is -2.07. The number of hydrogen-bond donors (Lipinski definition) is 5. The van der Waals surface area contributed by atoms with Gasteiger partial charge in [0, 0.05) is 34.4 Å². The SMILES string of the molecule is CC.CCNc1nc(C)nc(NCC)n1.CCc1cccc2c(CC)cccc12.CCc1cccc2c(CC)cccc12.CO.CO.CO.c1ccc2ccccc2c1.c1ccc2ccccc2c1.c1ccc2ccccc2c1. The Morgan fingerprint density at radius 3 is 0.633 bits per heavy atom. The van der Waals surface area contributed by atoms with Crippen LogP contribution in [-0.4, -0.2) is 64.7 Å². The van der Waals surface area contributed by atoms with Gasteiger partial charge in [0.1, 0.15) is 5.82 Å². The molecule has 0 aliphatic rings. The van der Waals surface area contributed by atoms with Gasteiger partial charge in [-0.2, -0.15) is 15.0 Å². The van der Waals surface area contributed by atoms with Crippen molar-refractivity contribution in [1.29, 1.82) is 0 Å². The third-order valence-corrected chi connectivity index (χ3v) is 12.1. The highest BCUT2D eigenvalue weighted by Gasteiger charge is 2.04. The first kappa shape index (κ1) is 67.1. The number of hydrogen-bond acceptors (Lipinski definition) is 8. The number of nitrogens with one attached hydrogen (secondary N) is 2. The molecule has 10 aromatic carbocycles. The molecule has 0 radical (unpaired) electrons. The molecule has 0 bridgehead atoms. The van der Waals surface area contributed by atoms with Crippen molar-refractivity contribution in [2.24, 2.45) is 0 Å². The fourth-order valence-electron chi connectivity index (χ4n) is 8.47. The molecule has 416 valence electrons. The van der Waals surface area contributed by atoms with E-state index in [0.29, 0.717) is 11.9 Å². The van der Waals surface area contributed by atoms with Gasteiger partial charge in [0.15, 0.2) is 0 Å². The van der Waals surface area contributed by atoms with Crippen LogP contribution in [0.3, 0.4) is 0 Å². The lowest BCUT2D eigenvalue weighted by Crippen LogP contribution is -2.09. The highest BCUT2D eigenvalue weighted by atomic mass is 16.2. The maximum absolute atomic E-state index is 7.00. The third-order valence-electron chi connectivity index (χ3n) is 12.1. The molecule has 0 aliphatic carbocycles. The lowest BCUT2D eigenvalue weighted by molar-refractivity contribution is 0.399. The van der Waals surface area contributed by atoms with Crippen LogP contribution in [0.15, 0.2) is 218 Å². The number of benzene rings is 10. The van der Waals surface area contributed by atoms with E-state index < -0.39 is 0 Å². The summed E-state index contributed by atoms with van der Waals surface area (Å²) in [5.74, 6) is 1.99. The zero-order valence-electron chi connectivity index (χ0n) is 49.2. The van der Waals surface area contributed by atoms with Crippen molar-refractivity contribution >= 4 is 65.8 Å². The maximum atomic E-state index is 7.00. The number of rotatable bonds is 8. The molecule has 0 spiro atoms. The van der Waals surface area contributed by atoms with Crippen LogP contribution in [0.5, 0.6) is 0 Å². The molecule has 1 heterocycles. The molecule has 0 unspecified atom stereocenters. The van der Waals surface area contributed by atoms with Crippen LogP contribution in [0, 0.1) is 6.92 Å². The Kier molecular flexibility index (Phi) is 34.9. The van der Waals surface area contributed by atoms with Gasteiger partial charge in [-0.05, 0) is 123 Å². The van der Waals surface area contributed by atoms with Gasteiger partial charge in [-0.1, -0.05) is 260 Å². The second-order valence-corrected chi connectivity index (χ2v) is 16.9. The van der Waals surface area contributed by atoms with Gasteiger partial charge in [0.05, 0.1) is 0 Å². The Morgan fingerprint density at radius 2 is 0.468 bits per heavy atom. The molecular weight excluding hydrogens is 971 g/mol. The summed E-state index contributed by atoms with van der Waals surface area (Å²) < 4.78 is 0. The van der Waals surface area contributed by atoms with Gasteiger partial charge in [-0.25, -0.2) is 0 Å². The highest BCUT2D eigenvalue weighted by molar-refractivity contribution is 5.90. The van der Waals surface area contributed by atoms with E-state index in [9.17, 15) is 0 Å². The minimum atomic E-state index is 0.631. The first-order valence-electron chi connectivity index (χ1n) is 27.7. The fraction of sp³-hybridized carbons (Fsp3) is 0.254. The summed E-state index contributed by atoms with van der Waals surface area (Å²) in [6, 6.07) is 76.6. The molecule has 0 saturated heterocycles. The summed E-state index contributed by atoms with van der Waals surface area (Å²) in [6.45, 7) is 20.4. The van der Waals surface area contributed by atoms with Gasteiger partial charge in [0.25, 0.3) is 0 Å². The van der Waals surface area contributed by atoms with Crippen LogP contribution < -0.4 is 10.6 Å². The summed E-state index contributed by atoms with van der Waals surface area (Å²) in [5, 5.41) is 40.7. The number of aryl methyl sites for hydroxylation is 5. The van der Waals surface area contributed by atoms with Crippen LogP contribution in [-0.2, 0) is 25.7 Å². The number of aliphatic hydroxyl groups is 3. The van der Waals surface area contributed by atoms with E-state index in [1.54, 1.807) is 0 Å². The van der Waals surface area contributed by atoms with E-state index in [1.165, 1.54) is 76.1 Å². The molecule has 0 amide bonds. The molecule has 0 saturated carbocycles. The normalized spacial score (nSPS) is 9.51. The number of nitrogens with zero attached hydrogens (tertiary/aromatic N) is 3. The van der Waals surface area contributed by atoms with Crippen molar-refractivity contribution in [3.8, 4) is 0 Å². The molecule has 0 aliphatic heterocycles. The predicted octanol–water partition coefficient (Wildman–Crippen LogP) is 17.3. The van der Waals surface area contributed by atoms with Crippen LogP contribution in [0.4, 0.5) is 11.9 Å². The van der Waals surface area contributed by atoms with Gasteiger partial charge in [-0.3, -0.25) is 0 Å². The standard InChI is InChI=1S/2C14H16.3C10H8.C8H15N5.C2H6.3CH4O/c2*1-3-11-7-5-10-14-12(4-2)8-6-9-13(11)14;3*1-2-6-10-8-4-3-7-9(10)5-1;1-4-9-7-11-6(3)12-8(13-7)10-5-2;4*1-2/h2*5-10H,3-4H2,1-2H3;3*1-8H;4-5H2,1-3H3,(H2,9,10,11,12,13);1-2H3;3*2H,1H3. The molecule has 11 aromatic rings. The Bertz CT molecular complexity index is 2780. The van der Waals surface area contributed by atoms with E-state index in [4.69, 9.17) is 15.3 Å². The van der Waals surface area contributed by atoms with Gasteiger partial charge in [0.2, 0.25) is 11.9 Å². The zero-order chi connectivity index (χ0) is 58.0. The number of anilines is 2. The minimum Gasteiger partial charge on any atom is -0.400 e. The van der Waals surface area contributed by atoms with E-state index in [1.807, 2.05) is 34.6 Å². The average molecular weight is 1060 g/mol. The number of fused-ring (bicyclic) bond motifs is 5. The van der Waals surface area contributed by atoms with Crippen molar-refractivity contribution < 1.29 is 15.3 Å². The van der Waals surface area contributed by atoms with Crippen LogP contribution >= 0.6 is 0 Å². The molecule has 79 heavy (non-hydrogen) atoms. The molecule has 8 nitrogen and oxygen atoms in total. The Morgan fingerprint density at radius 1 is 0.278 bits per heavy atom. The van der Waals surface area contributed by atoms with Crippen LogP contribution in [0.25, 0.3) is 53.9 Å². The fourth-order valence-corrected chi connectivity index (χ4v) is 8.47. The highest BCUT2D eigenvalue weighted by Crippen LogP contribution is 2.24. The summed E-state index contributed by atoms with van der Waals surface area (Å²) >= 11 is 0. The van der Waals surface area contributed by atoms with E-state index >= 15 is 0 Å². The molecule has 11 rings (SSSR count). The Hall–Kier alpha value is -8.01. The number of aliphatic hydroxyl groups excluding tert-OH is 3. The summed E-state index contributed by atoms with van der Waals surface area (Å²) in [5.41, 5.74) is 5.83. The monoisotopic (exact) mass is 1060 g/mol. The molecule has 1 aromatic heterocycles. The van der Waals surface area contributed by atoms with Gasteiger partial charge < -0.3 is 26.0 Å². The first-order valence-corrected chi connectivity index (χ1v) is 27.7. The molecular formula is C71H89N5O3. The van der Waals surface area contributed by atoms with Crippen molar-refractivity contribution in [1.82, 2.24) is 15.0 Å². The number of aromatic nitrogens is 3. The van der Waals surface area contributed by atoms with Crippen molar-refractivity contribution in [3.63, 3.8) is 0 Å². The Labute approximate surface area is 473 Å². The van der Waals surface area contributed by atoms with Crippen molar-refractivity contribution in [2.75, 3.05) is 45.1 Å². The summed E-state index contributed by atoms with van der Waals surface area (Å²) in [7, 11) is 3.00. The van der Waals surface area contributed by atoms with Crippen LogP contribution in [0.1, 0.15) is 83.5 Å². The first-order chi connectivity index (χ1) is 38.9. The Balaban J connectivity index is 0.000000317. The smallest absolute Gasteiger partial charge is 0.227 e. The minimum absolute atomic E-state index is 0.631. The summed E-state index contributed by atoms with van der Waals surface area (Å²) in [4.78, 5) is 12.4.